The lowest BCUT2D eigenvalue weighted by molar-refractivity contribution is 0.103. The summed E-state index contributed by atoms with van der Waals surface area (Å²) in [5.74, 6) is -3.95. The summed E-state index contributed by atoms with van der Waals surface area (Å²) in [6, 6.07) is 3.25. The molecule has 0 saturated carbocycles. The van der Waals surface area contributed by atoms with Crippen molar-refractivity contribution in [3.63, 3.8) is 0 Å². The molecule has 1 aromatic carbocycles. The summed E-state index contributed by atoms with van der Waals surface area (Å²) >= 11 is 0. The molecule has 0 atom stereocenters. The van der Waals surface area contributed by atoms with Crippen LogP contribution in [0.25, 0.3) is 11.0 Å². The smallest absolute Gasteiger partial charge is 0.213 e. The Balaban J connectivity index is 2.19. The minimum absolute atomic E-state index is 0.0597. The van der Waals surface area contributed by atoms with E-state index in [0.29, 0.717) is 11.4 Å². The third kappa shape index (κ3) is 3.16. The molecule has 0 radical (unpaired) electrons. The molecular weight excluding hydrogens is 368 g/mol. The first-order valence-corrected chi connectivity index (χ1v) is 8.96. The number of ketones is 1. The molecule has 136 valence electrons. The molecule has 10 heteroatoms. The number of hydrogen-bond donors (Lipinski definition) is 2. The number of nitrogens with zero attached hydrogens (tertiary/aromatic N) is 1. The molecule has 0 unspecified atom stereocenters. The number of benzene rings is 1. The number of ether oxygens (including phenoxy) is 1. The van der Waals surface area contributed by atoms with Crippen LogP contribution in [0.3, 0.4) is 0 Å². The third-order valence-corrected chi connectivity index (χ3v) is 4.47. The first kappa shape index (κ1) is 18.0. The number of sulfonamides is 1. The van der Waals surface area contributed by atoms with Crippen molar-refractivity contribution in [3.8, 4) is 5.75 Å². The Morgan fingerprint density at radius 1 is 1.31 bits per heavy atom. The van der Waals surface area contributed by atoms with Gasteiger partial charge in [-0.3, -0.25) is 4.79 Å². The van der Waals surface area contributed by atoms with Crippen LogP contribution in [0.4, 0.5) is 8.78 Å². The number of carbonyl (C=O) groups excluding carboxylic acids is 1. The number of nitrogens with one attached hydrogen (secondary N) is 1. The molecule has 0 bridgehead atoms. The minimum Gasteiger partial charge on any atom is -0.496 e. The molecule has 3 rings (SSSR count). The lowest BCUT2D eigenvalue weighted by Crippen LogP contribution is -2.17. The first-order valence-electron chi connectivity index (χ1n) is 7.25. The van der Waals surface area contributed by atoms with E-state index in [2.05, 4.69) is 9.97 Å². The van der Waals surface area contributed by atoms with E-state index in [0.717, 1.165) is 12.1 Å². The highest BCUT2D eigenvalue weighted by atomic mass is 32.2. The third-order valence-electron chi connectivity index (χ3n) is 3.75. The maximum Gasteiger partial charge on any atom is 0.213 e. The van der Waals surface area contributed by atoms with Crippen molar-refractivity contribution < 1.29 is 26.7 Å². The quantitative estimate of drug-likeness (QED) is 0.655. The Bertz CT molecular complexity index is 1130. The van der Waals surface area contributed by atoms with Crippen LogP contribution in [-0.4, -0.2) is 31.3 Å². The predicted octanol–water partition coefficient (Wildman–Crippen LogP) is 1.87. The SMILES string of the molecule is COc1ccnc2[nH]cc(C(=O)c3c(F)ccc(CS(N)(=O)=O)c3F)c12. The number of aromatic nitrogens is 2. The first-order chi connectivity index (χ1) is 12.2. The maximum absolute atomic E-state index is 14.7. The summed E-state index contributed by atoms with van der Waals surface area (Å²) in [7, 11) is -2.69. The number of pyridine rings is 1. The van der Waals surface area contributed by atoms with Crippen LogP contribution in [0.2, 0.25) is 0 Å². The molecule has 0 aliphatic heterocycles. The number of hydrogen-bond acceptors (Lipinski definition) is 5. The molecule has 2 heterocycles. The van der Waals surface area contributed by atoms with Gasteiger partial charge in [0.15, 0.2) is 0 Å². The van der Waals surface area contributed by atoms with Gasteiger partial charge in [-0.05, 0) is 12.1 Å². The number of methoxy groups -OCH3 is 1. The molecule has 0 amide bonds. The largest absolute Gasteiger partial charge is 0.496 e. The van der Waals surface area contributed by atoms with Crippen molar-refractivity contribution >= 4 is 26.8 Å². The van der Waals surface area contributed by atoms with Crippen LogP contribution in [0.15, 0.2) is 30.6 Å². The summed E-state index contributed by atoms with van der Waals surface area (Å²) < 4.78 is 56.4. The van der Waals surface area contributed by atoms with Crippen molar-refractivity contribution in [1.29, 1.82) is 0 Å². The van der Waals surface area contributed by atoms with Crippen molar-refractivity contribution in [2.45, 2.75) is 5.75 Å². The fraction of sp³-hybridized carbons (Fsp3) is 0.125. The molecule has 0 spiro atoms. The Hall–Kier alpha value is -2.85. The second kappa shape index (κ2) is 6.46. The zero-order valence-corrected chi connectivity index (χ0v) is 14.2. The van der Waals surface area contributed by atoms with E-state index in [1.54, 1.807) is 0 Å². The van der Waals surface area contributed by atoms with Crippen molar-refractivity contribution in [2.75, 3.05) is 7.11 Å². The molecular formula is C16H13F2N3O4S. The van der Waals surface area contributed by atoms with Crippen LogP contribution in [0, 0.1) is 11.6 Å². The van der Waals surface area contributed by atoms with Gasteiger partial charge in [0.05, 0.1) is 29.4 Å². The molecule has 3 aromatic rings. The topological polar surface area (TPSA) is 115 Å². The molecule has 26 heavy (non-hydrogen) atoms. The van der Waals surface area contributed by atoms with E-state index in [1.165, 1.54) is 25.6 Å². The normalized spacial score (nSPS) is 11.7. The number of aromatic amines is 1. The Morgan fingerprint density at radius 2 is 2.04 bits per heavy atom. The lowest BCUT2D eigenvalue weighted by atomic mass is 10.00. The summed E-state index contributed by atoms with van der Waals surface area (Å²) in [6.07, 6.45) is 2.70. The molecule has 7 nitrogen and oxygen atoms in total. The fourth-order valence-electron chi connectivity index (χ4n) is 2.64. The van der Waals surface area contributed by atoms with Crippen LogP contribution in [-0.2, 0) is 15.8 Å². The lowest BCUT2D eigenvalue weighted by Gasteiger charge is -2.09. The van der Waals surface area contributed by atoms with E-state index in [9.17, 15) is 22.0 Å². The van der Waals surface area contributed by atoms with Gasteiger partial charge in [-0.15, -0.1) is 0 Å². The maximum atomic E-state index is 14.7. The van der Waals surface area contributed by atoms with Gasteiger partial charge in [-0.2, -0.15) is 0 Å². The van der Waals surface area contributed by atoms with Crippen LogP contribution >= 0.6 is 0 Å². The van der Waals surface area contributed by atoms with E-state index in [-0.39, 0.29) is 10.9 Å². The van der Waals surface area contributed by atoms with Crippen molar-refractivity contribution in [1.82, 2.24) is 9.97 Å². The van der Waals surface area contributed by atoms with Crippen LogP contribution in [0.1, 0.15) is 21.5 Å². The Kier molecular flexibility index (Phi) is 4.46. The highest BCUT2D eigenvalue weighted by molar-refractivity contribution is 7.88. The summed E-state index contributed by atoms with van der Waals surface area (Å²) in [6.45, 7) is 0. The molecule has 2 aromatic heterocycles. The molecule has 0 saturated heterocycles. The Labute approximate surface area is 146 Å². The van der Waals surface area contributed by atoms with Gasteiger partial charge in [-0.1, -0.05) is 6.07 Å². The van der Waals surface area contributed by atoms with Gasteiger partial charge in [0.2, 0.25) is 15.8 Å². The number of rotatable bonds is 5. The van der Waals surface area contributed by atoms with Gasteiger partial charge in [0.1, 0.15) is 23.0 Å². The van der Waals surface area contributed by atoms with E-state index in [4.69, 9.17) is 9.88 Å². The highest BCUT2D eigenvalue weighted by Crippen LogP contribution is 2.30. The number of nitrogens with two attached hydrogens (primary N) is 1. The Morgan fingerprint density at radius 3 is 2.69 bits per heavy atom. The van der Waals surface area contributed by atoms with Crippen LogP contribution in [0.5, 0.6) is 5.75 Å². The van der Waals surface area contributed by atoms with Crippen LogP contribution < -0.4 is 9.88 Å². The average molecular weight is 381 g/mol. The summed E-state index contributed by atoms with van der Waals surface area (Å²) in [5, 5.41) is 5.16. The second-order valence-electron chi connectivity index (χ2n) is 5.47. The minimum atomic E-state index is -4.06. The van der Waals surface area contributed by atoms with Gasteiger partial charge in [0, 0.05) is 18.0 Å². The number of primary sulfonamides is 1. The highest BCUT2D eigenvalue weighted by Gasteiger charge is 2.26. The van der Waals surface area contributed by atoms with E-state index < -0.39 is 44.3 Å². The zero-order chi connectivity index (χ0) is 19.1. The van der Waals surface area contributed by atoms with Gasteiger partial charge < -0.3 is 9.72 Å². The number of fused-ring (bicyclic) bond motifs is 1. The van der Waals surface area contributed by atoms with E-state index in [1.807, 2.05) is 0 Å². The summed E-state index contributed by atoms with van der Waals surface area (Å²) in [4.78, 5) is 19.5. The van der Waals surface area contributed by atoms with Crippen molar-refractivity contribution in [3.05, 3.63) is 58.9 Å². The van der Waals surface area contributed by atoms with Gasteiger partial charge in [-0.25, -0.2) is 27.3 Å². The molecule has 0 fully saturated rings. The molecule has 0 aliphatic rings. The number of halogens is 2. The van der Waals surface area contributed by atoms with Crippen molar-refractivity contribution in [2.24, 2.45) is 5.14 Å². The standard InChI is InChI=1S/C16H13F2N3O4S/c1-25-11-4-5-20-16-12(11)9(6-21-16)15(22)13-10(17)3-2-8(14(13)18)7-26(19,23)24/h2-6H,7H2,1H3,(H,20,21)(H2,19,23,24). The molecule has 3 N–H and O–H groups in total. The average Bonchev–Trinajstić information content (AvgIpc) is 3.00. The number of H-pyrrole nitrogens is 1. The van der Waals surface area contributed by atoms with E-state index >= 15 is 0 Å². The van der Waals surface area contributed by atoms with Gasteiger partial charge in [0.25, 0.3) is 0 Å². The zero-order valence-electron chi connectivity index (χ0n) is 13.4. The predicted molar refractivity (Wildman–Crippen MR) is 89.2 cm³/mol. The monoisotopic (exact) mass is 381 g/mol. The van der Waals surface area contributed by atoms with Gasteiger partial charge >= 0.3 is 0 Å². The second-order valence-corrected chi connectivity index (χ2v) is 7.09. The number of carbonyl (C=O) groups is 1. The molecule has 0 aliphatic carbocycles. The fourth-order valence-corrected chi connectivity index (χ4v) is 3.30. The summed E-state index contributed by atoms with van der Waals surface area (Å²) in [5.41, 5.74) is -1.04.